The minimum atomic E-state index is 0. The Morgan fingerprint density at radius 1 is 1.31 bits per heavy atom. The molecular formula is C12H23ClN2O. The molecule has 94 valence electrons. The second-order valence-corrected chi connectivity index (χ2v) is 5.18. The van der Waals surface area contributed by atoms with E-state index in [0.717, 1.165) is 24.9 Å². The van der Waals surface area contributed by atoms with Gasteiger partial charge in [0.25, 0.3) is 0 Å². The molecule has 1 saturated heterocycles. The first-order chi connectivity index (χ1) is 7.22. The third kappa shape index (κ3) is 2.69. The molecule has 1 saturated carbocycles. The number of fused-ring (bicyclic) bond motifs is 1. The van der Waals surface area contributed by atoms with Crippen LogP contribution in [0.15, 0.2) is 0 Å². The van der Waals surface area contributed by atoms with E-state index in [1.165, 1.54) is 25.7 Å². The number of likely N-dealkylation sites (tertiary alicyclic amines) is 1. The highest BCUT2D eigenvalue weighted by atomic mass is 35.5. The lowest BCUT2D eigenvalue weighted by atomic mass is 9.82. The third-order valence-electron chi connectivity index (χ3n) is 4.06. The van der Waals surface area contributed by atoms with Gasteiger partial charge in [0.05, 0.1) is 0 Å². The minimum absolute atomic E-state index is 0. The Hall–Kier alpha value is -0.280. The highest BCUT2D eigenvalue weighted by Crippen LogP contribution is 2.36. The van der Waals surface area contributed by atoms with Crippen molar-refractivity contribution in [2.75, 3.05) is 19.6 Å². The minimum Gasteiger partial charge on any atom is -0.342 e. The van der Waals surface area contributed by atoms with Crippen molar-refractivity contribution in [1.29, 1.82) is 0 Å². The van der Waals surface area contributed by atoms with Gasteiger partial charge in [-0.2, -0.15) is 0 Å². The van der Waals surface area contributed by atoms with E-state index in [0.29, 0.717) is 6.54 Å². The lowest BCUT2D eigenvalue weighted by molar-refractivity contribution is -0.133. The predicted molar refractivity (Wildman–Crippen MR) is 67.5 cm³/mol. The Morgan fingerprint density at radius 3 is 2.25 bits per heavy atom. The molecule has 2 fully saturated rings. The molecule has 3 nitrogen and oxygen atoms in total. The molecule has 2 aliphatic rings. The van der Waals surface area contributed by atoms with E-state index in [-0.39, 0.29) is 24.2 Å². The average Bonchev–Trinajstić information content (AvgIpc) is 2.70. The predicted octanol–water partition coefficient (Wildman–Crippen LogP) is 1.65. The Bertz CT molecular complexity index is 233. The van der Waals surface area contributed by atoms with Crippen molar-refractivity contribution in [3.8, 4) is 0 Å². The summed E-state index contributed by atoms with van der Waals surface area (Å²) < 4.78 is 0. The highest BCUT2D eigenvalue weighted by molar-refractivity contribution is 5.85. The van der Waals surface area contributed by atoms with Crippen molar-refractivity contribution in [1.82, 2.24) is 4.90 Å². The topological polar surface area (TPSA) is 46.3 Å². The van der Waals surface area contributed by atoms with Gasteiger partial charge in [-0.3, -0.25) is 4.79 Å². The van der Waals surface area contributed by atoms with E-state index in [9.17, 15) is 4.79 Å². The number of rotatable bonds is 2. The van der Waals surface area contributed by atoms with E-state index in [2.05, 4.69) is 4.90 Å². The molecule has 2 N–H and O–H groups in total. The van der Waals surface area contributed by atoms with Gasteiger partial charge in [-0.05, 0) is 24.7 Å². The molecule has 2 rings (SSSR count). The van der Waals surface area contributed by atoms with E-state index >= 15 is 0 Å². The van der Waals surface area contributed by atoms with E-state index in [4.69, 9.17) is 5.73 Å². The van der Waals surface area contributed by atoms with Crippen LogP contribution in [-0.2, 0) is 4.79 Å². The second-order valence-electron chi connectivity index (χ2n) is 5.18. The van der Waals surface area contributed by atoms with Crippen LogP contribution in [0.2, 0.25) is 0 Å². The summed E-state index contributed by atoms with van der Waals surface area (Å²) in [5.74, 6) is 1.84. The van der Waals surface area contributed by atoms with Gasteiger partial charge in [-0.25, -0.2) is 0 Å². The summed E-state index contributed by atoms with van der Waals surface area (Å²) in [6.07, 6.45) is 5.36. The summed E-state index contributed by atoms with van der Waals surface area (Å²) >= 11 is 0. The molecule has 3 unspecified atom stereocenters. The van der Waals surface area contributed by atoms with Gasteiger partial charge in [0, 0.05) is 25.6 Å². The molecule has 1 amide bonds. The maximum atomic E-state index is 12.0. The normalized spacial score (nSPS) is 30.5. The van der Waals surface area contributed by atoms with E-state index < -0.39 is 0 Å². The molecule has 1 aliphatic carbocycles. The van der Waals surface area contributed by atoms with Crippen molar-refractivity contribution in [3.05, 3.63) is 0 Å². The Kier molecular flexibility index (Phi) is 5.06. The standard InChI is InChI=1S/C12H22N2O.ClH/c1-9(6-13)12(15)14-7-10-4-2-3-5-11(10)8-14;/h9-11H,2-8,13H2,1H3;1H. The zero-order chi connectivity index (χ0) is 10.8. The summed E-state index contributed by atoms with van der Waals surface area (Å²) in [6.45, 7) is 4.40. The molecule has 0 spiro atoms. The fourth-order valence-corrected chi connectivity index (χ4v) is 3.00. The van der Waals surface area contributed by atoms with E-state index in [1.807, 2.05) is 6.92 Å². The van der Waals surface area contributed by atoms with Crippen molar-refractivity contribution in [2.45, 2.75) is 32.6 Å². The Balaban J connectivity index is 0.00000128. The van der Waals surface area contributed by atoms with Crippen LogP contribution in [0.5, 0.6) is 0 Å². The molecule has 1 aliphatic heterocycles. The Morgan fingerprint density at radius 2 is 1.81 bits per heavy atom. The van der Waals surface area contributed by atoms with Gasteiger partial charge in [0.15, 0.2) is 0 Å². The van der Waals surface area contributed by atoms with Crippen molar-refractivity contribution in [3.63, 3.8) is 0 Å². The highest BCUT2D eigenvalue weighted by Gasteiger charge is 2.37. The average molecular weight is 247 g/mol. The van der Waals surface area contributed by atoms with Gasteiger partial charge < -0.3 is 10.6 Å². The molecule has 4 heteroatoms. The molecule has 1 heterocycles. The first kappa shape index (κ1) is 13.8. The number of carbonyl (C=O) groups excluding carboxylic acids is 1. The number of hydrogen-bond donors (Lipinski definition) is 1. The molecule has 0 aromatic heterocycles. The first-order valence-electron chi connectivity index (χ1n) is 6.21. The van der Waals surface area contributed by atoms with Crippen LogP contribution in [0.25, 0.3) is 0 Å². The zero-order valence-corrected chi connectivity index (χ0v) is 10.8. The van der Waals surface area contributed by atoms with E-state index in [1.54, 1.807) is 0 Å². The maximum absolute atomic E-state index is 12.0. The van der Waals surface area contributed by atoms with Gasteiger partial charge in [0.2, 0.25) is 5.91 Å². The third-order valence-corrected chi connectivity index (χ3v) is 4.06. The number of amides is 1. The smallest absolute Gasteiger partial charge is 0.226 e. The number of halogens is 1. The number of carbonyl (C=O) groups is 1. The fraction of sp³-hybridized carbons (Fsp3) is 0.917. The molecule has 0 aromatic rings. The molecule has 16 heavy (non-hydrogen) atoms. The van der Waals surface area contributed by atoms with Crippen LogP contribution in [0.3, 0.4) is 0 Å². The summed E-state index contributed by atoms with van der Waals surface area (Å²) in [7, 11) is 0. The van der Waals surface area contributed by atoms with Crippen LogP contribution in [0, 0.1) is 17.8 Å². The van der Waals surface area contributed by atoms with Crippen LogP contribution >= 0.6 is 12.4 Å². The fourth-order valence-electron chi connectivity index (χ4n) is 3.00. The van der Waals surface area contributed by atoms with Crippen molar-refractivity contribution < 1.29 is 4.79 Å². The van der Waals surface area contributed by atoms with Crippen LogP contribution in [-0.4, -0.2) is 30.4 Å². The largest absolute Gasteiger partial charge is 0.342 e. The molecular weight excluding hydrogens is 224 g/mol. The monoisotopic (exact) mass is 246 g/mol. The lowest BCUT2D eigenvalue weighted by Gasteiger charge is -2.22. The quantitative estimate of drug-likeness (QED) is 0.806. The summed E-state index contributed by atoms with van der Waals surface area (Å²) in [5.41, 5.74) is 5.54. The summed E-state index contributed by atoms with van der Waals surface area (Å²) in [6, 6.07) is 0. The zero-order valence-electron chi connectivity index (χ0n) is 10.0. The van der Waals surface area contributed by atoms with Gasteiger partial charge in [0.1, 0.15) is 0 Å². The summed E-state index contributed by atoms with van der Waals surface area (Å²) in [5, 5.41) is 0. The van der Waals surface area contributed by atoms with Crippen LogP contribution in [0.4, 0.5) is 0 Å². The van der Waals surface area contributed by atoms with Crippen LogP contribution in [0.1, 0.15) is 32.6 Å². The molecule has 0 aromatic carbocycles. The number of hydrogen-bond acceptors (Lipinski definition) is 2. The van der Waals surface area contributed by atoms with Gasteiger partial charge in [-0.15, -0.1) is 12.4 Å². The lowest BCUT2D eigenvalue weighted by Crippen LogP contribution is -2.36. The van der Waals surface area contributed by atoms with Crippen molar-refractivity contribution >= 4 is 18.3 Å². The SMILES string of the molecule is CC(CN)C(=O)N1CC2CCCCC2C1.Cl. The molecule has 0 radical (unpaired) electrons. The van der Waals surface area contributed by atoms with Gasteiger partial charge >= 0.3 is 0 Å². The summed E-state index contributed by atoms with van der Waals surface area (Å²) in [4.78, 5) is 14.0. The second kappa shape index (κ2) is 5.87. The van der Waals surface area contributed by atoms with Gasteiger partial charge in [-0.1, -0.05) is 19.8 Å². The van der Waals surface area contributed by atoms with Crippen molar-refractivity contribution in [2.24, 2.45) is 23.5 Å². The Labute approximate surface area is 104 Å². The number of nitrogens with zero attached hydrogens (tertiary/aromatic N) is 1. The van der Waals surface area contributed by atoms with Crippen LogP contribution < -0.4 is 5.73 Å². The first-order valence-corrected chi connectivity index (χ1v) is 6.21. The maximum Gasteiger partial charge on any atom is 0.226 e. The number of nitrogens with two attached hydrogens (primary N) is 1. The molecule has 0 bridgehead atoms. The molecule has 3 atom stereocenters.